The third-order valence-electron chi connectivity index (χ3n) is 4.04. The highest BCUT2D eigenvalue weighted by Crippen LogP contribution is 2.43. The lowest BCUT2D eigenvalue weighted by atomic mass is 9.77. The fourth-order valence-electron chi connectivity index (χ4n) is 2.53. The van der Waals surface area contributed by atoms with Crippen molar-refractivity contribution in [2.75, 3.05) is 13.2 Å². The van der Waals surface area contributed by atoms with Gasteiger partial charge in [0.25, 0.3) is 0 Å². The molecule has 88 valence electrons. The van der Waals surface area contributed by atoms with Crippen molar-refractivity contribution in [2.24, 2.45) is 17.3 Å². The van der Waals surface area contributed by atoms with Gasteiger partial charge in [-0.15, -0.1) is 0 Å². The normalized spacial score (nSPS) is 39.2. The molecule has 2 unspecified atom stereocenters. The molecular formula is C13H24O2. The molecule has 0 radical (unpaired) electrons. The monoisotopic (exact) mass is 212 g/mol. The molecule has 0 aromatic carbocycles. The molecule has 1 spiro atoms. The largest absolute Gasteiger partial charge is 0.349 e. The molecule has 0 aromatic heterocycles. The lowest BCUT2D eigenvalue weighted by Crippen LogP contribution is -2.50. The van der Waals surface area contributed by atoms with E-state index in [2.05, 4.69) is 27.7 Å². The van der Waals surface area contributed by atoms with Crippen molar-refractivity contribution in [3.63, 3.8) is 0 Å². The maximum Gasteiger partial charge on any atom is 0.168 e. The van der Waals surface area contributed by atoms with E-state index < -0.39 is 0 Å². The van der Waals surface area contributed by atoms with Gasteiger partial charge in [0.05, 0.1) is 13.2 Å². The minimum absolute atomic E-state index is 0.192. The molecule has 1 aliphatic carbocycles. The van der Waals surface area contributed by atoms with E-state index in [0.29, 0.717) is 0 Å². The number of hydrogen-bond acceptors (Lipinski definition) is 2. The standard InChI is InChI=1S/C13H24O2/c1-10-5-6-13(7-11(10)2)14-8-12(3,4)9-15-13/h10-11H,5-9H2,1-4H3. The Bertz CT molecular complexity index is 225. The van der Waals surface area contributed by atoms with E-state index in [4.69, 9.17) is 9.47 Å². The number of hydrogen-bond donors (Lipinski definition) is 0. The molecule has 2 atom stereocenters. The zero-order valence-corrected chi connectivity index (χ0v) is 10.5. The van der Waals surface area contributed by atoms with Crippen molar-refractivity contribution in [3.8, 4) is 0 Å². The molecule has 2 nitrogen and oxygen atoms in total. The van der Waals surface area contributed by atoms with Gasteiger partial charge in [0.2, 0.25) is 0 Å². The van der Waals surface area contributed by atoms with Crippen LogP contribution < -0.4 is 0 Å². The van der Waals surface area contributed by atoms with Gasteiger partial charge < -0.3 is 9.47 Å². The van der Waals surface area contributed by atoms with Crippen LogP contribution in [-0.4, -0.2) is 19.0 Å². The Morgan fingerprint density at radius 3 is 2.13 bits per heavy atom. The first kappa shape index (κ1) is 11.4. The molecular weight excluding hydrogens is 188 g/mol. The van der Waals surface area contributed by atoms with Crippen molar-refractivity contribution in [1.29, 1.82) is 0 Å². The van der Waals surface area contributed by atoms with Crippen LogP contribution in [0.4, 0.5) is 0 Å². The summed E-state index contributed by atoms with van der Waals surface area (Å²) in [4.78, 5) is 0. The van der Waals surface area contributed by atoms with Crippen LogP contribution in [0.15, 0.2) is 0 Å². The third-order valence-corrected chi connectivity index (χ3v) is 4.04. The highest BCUT2D eigenvalue weighted by atomic mass is 16.7. The molecule has 1 heterocycles. The molecule has 0 N–H and O–H groups in total. The zero-order chi connectivity index (χ0) is 11.1. The Balaban J connectivity index is 1.98. The maximum atomic E-state index is 6.02. The van der Waals surface area contributed by atoms with Crippen LogP contribution in [0.2, 0.25) is 0 Å². The van der Waals surface area contributed by atoms with Crippen molar-refractivity contribution in [1.82, 2.24) is 0 Å². The van der Waals surface area contributed by atoms with Gasteiger partial charge in [-0.25, -0.2) is 0 Å². The second-order valence-corrected chi connectivity index (χ2v) is 6.35. The molecule has 1 saturated heterocycles. The third kappa shape index (κ3) is 2.36. The number of rotatable bonds is 0. The summed E-state index contributed by atoms with van der Waals surface area (Å²) in [7, 11) is 0. The summed E-state index contributed by atoms with van der Waals surface area (Å²) in [5, 5.41) is 0. The Hall–Kier alpha value is -0.0800. The van der Waals surface area contributed by atoms with Crippen molar-refractivity contribution in [3.05, 3.63) is 0 Å². The summed E-state index contributed by atoms with van der Waals surface area (Å²) < 4.78 is 12.0. The van der Waals surface area contributed by atoms with E-state index in [9.17, 15) is 0 Å². The minimum atomic E-state index is -0.235. The van der Waals surface area contributed by atoms with Crippen LogP contribution in [0.5, 0.6) is 0 Å². The first-order valence-electron chi connectivity index (χ1n) is 6.20. The molecule has 2 aliphatic rings. The Morgan fingerprint density at radius 1 is 1.00 bits per heavy atom. The van der Waals surface area contributed by atoms with Gasteiger partial charge in [0.15, 0.2) is 5.79 Å². The van der Waals surface area contributed by atoms with Crippen LogP contribution in [0.25, 0.3) is 0 Å². The van der Waals surface area contributed by atoms with Crippen molar-refractivity contribution < 1.29 is 9.47 Å². The minimum Gasteiger partial charge on any atom is -0.349 e. The lowest BCUT2D eigenvalue weighted by molar-refractivity contribution is -0.317. The second-order valence-electron chi connectivity index (χ2n) is 6.35. The SMILES string of the molecule is CC1CCC2(CC1C)OCC(C)(C)CO2. The van der Waals surface area contributed by atoms with E-state index in [0.717, 1.165) is 37.9 Å². The zero-order valence-electron chi connectivity index (χ0n) is 10.5. The molecule has 2 fully saturated rings. The van der Waals surface area contributed by atoms with Gasteiger partial charge in [-0.2, -0.15) is 0 Å². The summed E-state index contributed by atoms with van der Waals surface area (Å²) in [5.74, 6) is 1.30. The predicted octanol–water partition coefficient (Wildman–Crippen LogP) is 3.21. The summed E-state index contributed by atoms with van der Waals surface area (Å²) in [6.07, 6.45) is 3.39. The Morgan fingerprint density at radius 2 is 1.60 bits per heavy atom. The average molecular weight is 212 g/mol. The van der Waals surface area contributed by atoms with E-state index in [1.807, 2.05) is 0 Å². The summed E-state index contributed by atoms with van der Waals surface area (Å²) in [6, 6.07) is 0. The van der Waals surface area contributed by atoms with Crippen LogP contribution in [0.1, 0.15) is 47.0 Å². The Kier molecular flexibility index (Phi) is 2.85. The van der Waals surface area contributed by atoms with Gasteiger partial charge in [0, 0.05) is 18.3 Å². The molecule has 2 rings (SSSR count). The highest BCUT2D eigenvalue weighted by molar-refractivity contribution is 4.86. The molecule has 15 heavy (non-hydrogen) atoms. The number of ether oxygens (including phenoxy) is 2. The fraction of sp³-hybridized carbons (Fsp3) is 1.00. The topological polar surface area (TPSA) is 18.5 Å². The quantitative estimate of drug-likeness (QED) is 0.614. The van der Waals surface area contributed by atoms with Gasteiger partial charge in [-0.05, 0) is 18.3 Å². The van der Waals surface area contributed by atoms with Gasteiger partial charge >= 0.3 is 0 Å². The van der Waals surface area contributed by atoms with Crippen LogP contribution in [-0.2, 0) is 9.47 Å². The predicted molar refractivity (Wildman–Crippen MR) is 60.6 cm³/mol. The van der Waals surface area contributed by atoms with E-state index >= 15 is 0 Å². The van der Waals surface area contributed by atoms with Crippen LogP contribution in [0.3, 0.4) is 0 Å². The van der Waals surface area contributed by atoms with E-state index in [1.54, 1.807) is 0 Å². The highest BCUT2D eigenvalue weighted by Gasteiger charge is 2.44. The summed E-state index contributed by atoms with van der Waals surface area (Å²) in [5.41, 5.74) is 0.192. The smallest absolute Gasteiger partial charge is 0.168 e. The maximum absolute atomic E-state index is 6.02. The van der Waals surface area contributed by atoms with E-state index in [1.165, 1.54) is 6.42 Å². The molecule has 1 aliphatic heterocycles. The second kappa shape index (κ2) is 3.74. The van der Waals surface area contributed by atoms with E-state index in [-0.39, 0.29) is 11.2 Å². The molecule has 0 amide bonds. The Labute approximate surface area is 93.3 Å². The van der Waals surface area contributed by atoms with Gasteiger partial charge in [-0.3, -0.25) is 0 Å². The molecule has 1 saturated carbocycles. The van der Waals surface area contributed by atoms with Crippen molar-refractivity contribution >= 4 is 0 Å². The molecule has 0 aromatic rings. The van der Waals surface area contributed by atoms with Crippen LogP contribution >= 0.6 is 0 Å². The first-order chi connectivity index (χ1) is 6.93. The van der Waals surface area contributed by atoms with Gasteiger partial charge in [0.1, 0.15) is 0 Å². The summed E-state index contributed by atoms with van der Waals surface area (Å²) >= 11 is 0. The average Bonchev–Trinajstić information content (AvgIpc) is 2.18. The lowest BCUT2D eigenvalue weighted by Gasteiger charge is -2.48. The first-order valence-corrected chi connectivity index (χ1v) is 6.20. The molecule has 2 heteroatoms. The van der Waals surface area contributed by atoms with Crippen LogP contribution in [0, 0.1) is 17.3 Å². The van der Waals surface area contributed by atoms with Crippen molar-refractivity contribution in [2.45, 2.75) is 52.7 Å². The molecule has 0 bridgehead atoms. The summed E-state index contributed by atoms with van der Waals surface area (Å²) in [6.45, 7) is 10.7. The van der Waals surface area contributed by atoms with Gasteiger partial charge in [-0.1, -0.05) is 27.7 Å². The fourth-order valence-corrected chi connectivity index (χ4v) is 2.53.